The standard InChI is InChI=1S/C28H35NO5.C27H33NO5.C26H31NO4/c1-17-23(29(2)12-13-30)16-22(18-6-7-18)26(20-8-11-24-19(15-20)5-4-14-33-24)25(17)27(28(31)32-3)34-21-9-10-21;1-16-22(28(2)11-12-29)15-21(17-5-6-17)25(24(16)26(27(30)31)33-20-8-9-20)19-7-10-23-18(14-19)4-3-13-32-23;1-15-21(27-2)14-20(16-6-7-16)24(18-8-11-22-17(13-18)5-4-12-30-22)23(15)25(26(28)29-3)31-19-9-10-19/h8,11,15-16,18,21,27,30H,4-7,9-10,12-14H2,1-3H3;7,10,14-15,17,20,26,29H,3-6,8-9,11-13H2,1-2H3,(H,30,31);8,11,13-14,16,19,25,27H,4-7,9-10,12H2,1-3H3. The fourth-order valence-corrected chi connectivity index (χ4v) is 14.8. The largest absolute Gasteiger partial charge is 0.493 e. The number of hydrogen-bond donors (Lipinski definition) is 4. The van der Waals surface area contributed by atoms with E-state index in [1.807, 2.05) is 39.0 Å². The molecule has 17 nitrogen and oxygen atoms in total. The number of nitrogens with zero attached hydrogens (tertiary/aromatic N) is 2. The lowest BCUT2D eigenvalue weighted by molar-refractivity contribution is -0.156. The summed E-state index contributed by atoms with van der Waals surface area (Å²) < 4.78 is 46.8. The molecule has 3 aliphatic heterocycles. The van der Waals surface area contributed by atoms with Crippen LogP contribution >= 0.6 is 0 Å². The molecule has 522 valence electrons. The van der Waals surface area contributed by atoms with E-state index in [1.165, 1.54) is 60.4 Å². The summed E-state index contributed by atoms with van der Waals surface area (Å²) in [6.07, 6.45) is 16.4. The summed E-state index contributed by atoms with van der Waals surface area (Å²) in [5.74, 6) is 2.63. The maximum Gasteiger partial charge on any atom is 0.339 e. The van der Waals surface area contributed by atoms with E-state index in [1.54, 1.807) is 0 Å². The van der Waals surface area contributed by atoms with Crippen molar-refractivity contribution in [2.45, 2.75) is 191 Å². The van der Waals surface area contributed by atoms with Gasteiger partial charge >= 0.3 is 17.9 Å². The smallest absolute Gasteiger partial charge is 0.339 e. The molecule has 4 N–H and O–H groups in total. The van der Waals surface area contributed by atoms with Crippen LogP contribution in [0.15, 0.2) is 72.8 Å². The normalized spacial score (nSPS) is 18.4. The molecular formula is C81H99N3O14. The number of carboxylic acid groups (broad SMARTS) is 1. The minimum atomic E-state index is -1.01. The van der Waals surface area contributed by atoms with Crippen molar-refractivity contribution in [1.82, 2.24) is 0 Å². The van der Waals surface area contributed by atoms with Crippen LogP contribution in [0, 0.1) is 20.8 Å². The highest BCUT2D eigenvalue weighted by Crippen LogP contribution is 2.55. The molecule has 3 atom stereocenters. The van der Waals surface area contributed by atoms with Crippen molar-refractivity contribution in [3.63, 3.8) is 0 Å². The Bertz CT molecular complexity index is 3930. The van der Waals surface area contributed by atoms with Gasteiger partial charge in [-0.15, -0.1) is 0 Å². The topological polar surface area (TPSA) is 204 Å². The molecule has 17 heteroatoms. The Hall–Kier alpha value is -7.67. The first-order valence-electron chi connectivity index (χ1n) is 36.1. The van der Waals surface area contributed by atoms with E-state index >= 15 is 0 Å². The summed E-state index contributed by atoms with van der Waals surface area (Å²) in [5.41, 5.74) is 22.5. The van der Waals surface area contributed by atoms with Gasteiger partial charge in [-0.05, 0) is 292 Å². The summed E-state index contributed by atoms with van der Waals surface area (Å²) in [6, 6.07) is 25.9. The van der Waals surface area contributed by atoms with Gasteiger partial charge in [-0.25, -0.2) is 14.4 Å². The Kier molecular flexibility index (Phi) is 21.1. The van der Waals surface area contributed by atoms with Crippen molar-refractivity contribution in [3.8, 4) is 50.6 Å². The highest BCUT2D eigenvalue weighted by molar-refractivity contribution is 5.89. The summed E-state index contributed by atoms with van der Waals surface area (Å²) in [7, 11) is 8.75. The molecule has 0 radical (unpaired) electrons. The monoisotopic (exact) mass is 1340 g/mol. The SMILES string of the molecule is CNc1cc(C2CC2)c(-c2ccc3c(c2)CCCO3)c(C(OC2CC2)C(=O)OC)c1C.COC(=O)C(OC1CC1)c1c(C)c(N(C)CCO)cc(C2CC2)c1-c1ccc2c(c1)CCCO2.Cc1c(N(C)CCO)cc(C2CC2)c(-c2ccc3c(c2)CCCO3)c1C(OC1CC1)C(=O)O. The number of esters is 2. The molecule has 6 aromatic carbocycles. The number of aliphatic hydroxyl groups excluding tert-OH is 2. The molecule has 98 heavy (non-hydrogen) atoms. The lowest BCUT2D eigenvalue weighted by Gasteiger charge is -2.30. The summed E-state index contributed by atoms with van der Waals surface area (Å²) in [4.78, 5) is 42.7. The number of aliphatic hydroxyl groups is 2. The maximum atomic E-state index is 13.1. The summed E-state index contributed by atoms with van der Waals surface area (Å²) in [5, 5.41) is 32.8. The number of carbonyl (C=O) groups is 3. The average Bonchev–Trinajstić information content (AvgIpc) is 1.43. The predicted molar refractivity (Wildman–Crippen MR) is 380 cm³/mol. The van der Waals surface area contributed by atoms with Crippen molar-refractivity contribution >= 4 is 35.0 Å². The fourth-order valence-electron chi connectivity index (χ4n) is 14.8. The molecule has 0 saturated heterocycles. The van der Waals surface area contributed by atoms with Crippen molar-refractivity contribution in [2.75, 3.05) is 96.6 Å². The molecular weight excluding hydrogens is 1240 g/mol. The Labute approximate surface area is 577 Å². The van der Waals surface area contributed by atoms with Gasteiger partial charge in [0.2, 0.25) is 0 Å². The third kappa shape index (κ3) is 15.2. The molecule has 0 aromatic heterocycles. The maximum absolute atomic E-state index is 13.1. The van der Waals surface area contributed by atoms with E-state index in [0.29, 0.717) is 30.8 Å². The third-order valence-corrected chi connectivity index (χ3v) is 20.9. The Morgan fingerprint density at radius 2 is 0.827 bits per heavy atom. The number of anilines is 3. The lowest BCUT2D eigenvalue weighted by Crippen LogP contribution is -2.25. The first-order chi connectivity index (χ1) is 47.6. The number of aryl methyl sites for hydroxylation is 3. The first-order valence-corrected chi connectivity index (χ1v) is 36.1. The number of benzene rings is 6. The van der Waals surface area contributed by atoms with Gasteiger partial charge in [-0.1, -0.05) is 18.2 Å². The molecule has 6 saturated carbocycles. The molecule has 3 heterocycles. The summed E-state index contributed by atoms with van der Waals surface area (Å²) in [6.45, 7) is 9.52. The zero-order chi connectivity index (χ0) is 68.5. The van der Waals surface area contributed by atoms with E-state index in [-0.39, 0.29) is 43.5 Å². The van der Waals surface area contributed by atoms with Crippen molar-refractivity contribution < 1.29 is 67.6 Å². The van der Waals surface area contributed by atoms with E-state index in [4.69, 9.17) is 37.9 Å². The zero-order valence-electron chi connectivity index (χ0n) is 58.5. The van der Waals surface area contributed by atoms with Crippen LogP contribution in [0.1, 0.15) is 199 Å². The number of hydrogen-bond acceptors (Lipinski definition) is 16. The Balaban J connectivity index is 0.000000132. The number of nitrogens with one attached hydrogen (secondary N) is 1. The van der Waals surface area contributed by atoms with Gasteiger partial charge in [0.25, 0.3) is 0 Å². The van der Waals surface area contributed by atoms with Crippen LogP contribution in [0.4, 0.5) is 17.1 Å². The molecule has 3 unspecified atom stereocenters. The van der Waals surface area contributed by atoms with Crippen molar-refractivity contribution in [3.05, 3.63) is 140 Å². The third-order valence-electron chi connectivity index (χ3n) is 20.9. The number of methoxy groups -OCH3 is 2. The molecule has 0 amide bonds. The van der Waals surface area contributed by atoms with Crippen LogP contribution in [-0.2, 0) is 57.3 Å². The van der Waals surface area contributed by atoms with Gasteiger partial charge in [0.15, 0.2) is 18.3 Å². The highest BCUT2D eigenvalue weighted by Gasteiger charge is 2.42. The van der Waals surface area contributed by atoms with Gasteiger partial charge in [0.05, 0.1) is 65.6 Å². The molecule has 15 rings (SSSR count). The van der Waals surface area contributed by atoms with Gasteiger partial charge < -0.3 is 68.3 Å². The number of rotatable bonds is 25. The molecule has 6 fully saturated rings. The molecule has 0 spiro atoms. The fraction of sp³-hybridized carbons (Fsp3) is 0.519. The van der Waals surface area contributed by atoms with E-state index in [9.17, 15) is 29.7 Å². The first kappa shape index (κ1) is 68.8. The Morgan fingerprint density at radius 1 is 0.490 bits per heavy atom. The Morgan fingerprint density at radius 3 is 1.14 bits per heavy atom. The molecule has 9 aliphatic rings. The second-order valence-corrected chi connectivity index (χ2v) is 28.4. The zero-order valence-corrected chi connectivity index (χ0v) is 58.5. The van der Waals surface area contributed by atoms with Crippen LogP contribution in [0.25, 0.3) is 33.4 Å². The van der Waals surface area contributed by atoms with Crippen LogP contribution < -0.4 is 29.3 Å². The van der Waals surface area contributed by atoms with Crippen LogP contribution in [0.3, 0.4) is 0 Å². The summed E-state index contributed by atoms with van der Waals surface area (Å²) >= 11 is 0. The van der Waals surface area contributed by atoms with E-state index < -0.39 is 24.3 Å². The second-order valence-electron chi connectivity index (χ2n) is 28.4. The van der Waals surface area contributed by atoms with Crippen LogP contribution in [-0.4, -0.2) is 133 Å². The van der Waals surface area contributed by atoms with Crippen molar-refractivity contribution in [2.24, 2.45) is 0 Å². The van der Waals surface area contributed by atoms with Gasteiger partial charge in [0.1, 0.15) is 17.2 Å². The minimum absolute atomic E-state index is 0.0125. The van der Waals surface area contributed by atoms with E-state index in [0.717, 1.165) is 224 Å². The molecule has 0 bridgehead atoms. The molecule has 6 aliphatic carbocycles. The van der Waals surface area contributed by atoms with Crippen molar-refractivity contribution in [1.29, 1.82) is 0 Å². The minimum Gasteiger partial charge on any atom is -0.493 e. The number of carboxylic acids is 1. The highest BCUT2D eigenvalue weighted by atomic mass is 16.6. The molecule has 6 aromatic rings. The number of aliphatic carboxylic acids is 1. The quantitative estimate of drug-likeness (QED) is 0.0394. The van der Waals surface area contributed by atoms with Gasteiger partial charge in [-0.3, -0.25) is 0 Å². The second kappa shape index (κ2) is 30.0. The van der Waals surface area contributed by atoms with E-state index in [2.05, 4.69) is 90.8 Å². The average molecular weight is 1340 g/mol. The number of likely N-dealkylation sites (N-methyl/N-ethyl adjacent to an activating group) is 2. The number of ether oxygens (including phenoxy) is 8. The predicted octanol–water partition coefficient (Wildman–Crippen LogP) is 14.6. The van der Waals surface area contributed by atoms with Crippen LogP contribution in [0.5, 0.6) is 17.2 Å². The van der Waals surface area contributed by atoms with Gasteiger partial charge in [-0.2, -0.15) is 0 Å². The number of carbonyl (C=O) groups excluding carboxylic acids is 2. The van der Waals surface area contributed by atoms with Gasteiger partial charge in [0, 0.05) is 68.0 Å². The van der Waals surface area contributed by atoms with Crippen LogP contribution in [0.2, 0.25) is 0 Å². The lowest BCUT2D eigenvalue weighted by atomic mass is 9.84. The number of fused-ring (bicyclic) bond motifs is 3.